The topological polar surface area (TPSA) is 24.9 Å². The summed E-state index contributed by atoms with van der Waals surface area (Å²) in [6, 6.07) is 8.44. The van der Waals surface area contributed by atoms with Gasteiger partial charge in [-0.1, -0.05) is 0 Å². The molecule has 0 aliphatic carbocycles. The van der Waals surface area contributed by atoms with E-state index in [0.29, 0.717) is 0 Å². The Morgan fingerprint density at radius 2 is 2.18 bits per heavy atom. The molecule has 3 aromatic rings. The molecule has 17 heavy (non-hydrogen) atoms. The van der Waals surface area contributed by atoms with E-state index in [0.717, 1.165) is 12.1 Å². The zero-order valence-corrected chi connectivity index (χ0v) is 11.1. The lowest BCUT2D eigenvalue weighted by Gasteiger charge is -2.05. The summed E-state index contributed by atoms with van der Waals surface area (Å²) in [5.41, 5.74) is 2.25. The highest BCUT2D eigenvalue weighted by Gasteiger charge is 2.03. The molecule has 0 atom stereocenters. The molecule has 0 unspecified atom stereocenters. The van der Waals surface area contributed by atoms with E-state index in [1.54, 1.807) is 11.3 Å². The number of hydrogen-bond acceptors (Lipinski definition) is 4. The van der Waals surface area contributed by atoms with E-state index < -0.39 is 0 Å². The first-order valence-corrected chi connectivity index (χ1v) is 7.14. The number of hydrogen-bond donors (Lipinski definition) is 1. The van der Waals surface area contributed by atoms with Crippen LogP contribution in [-0.2, 0) is 6.54 Å². The number of pyridine rings is 1. The molecule has 86 valence electrons. The fourth-order valence-corrected chi connectivity index (χ4v) is 3.45. The van der Waals surface area contributed by atoms with E-state index in [1.165, 1.54) is 20.1 Å². The second-order valence-electron chi connectivity index (χ2n) is 3.86. The minimum atomic E-state index is 0.884. The van der Waals surface area contributed by atoms with Crippen LogP contribution in [0.1, 0.15) is 9.75 Å². The first kappa shape index (κ1) is 10.7. The van der Waals surface area contributed by atoms with Gasteiger partial charge in [0.25, 0.3) is 0 Å². The van der Waals surface area contributed by atoms with Gasteiger partial charge in [0.05, 0.1) is 15.9 Å². The van der Waals surface area contributed by atoms with Crippen molar-refractivity contribution in [1.29, 1.82) is 0 Å². The van der Waals surface area contributed by atoms with E-state index in [-0.39, 0.29) is 0 Å². The van der Waals surface area contributed by atoms with Crippen molar-refractivity contribution in [3.63, 3.8) is 0 Å². The highest BCUT2D eigenvalue weighted by atomic mass is 32.1. The molecule has 3 aromatic heterocycles. The Bertz CT molecular complexity index is 639. The largest absolute Gasteiger partial charge is 0.379 e. The highest BCUT2D eigenvalue weighted by molar-refractivity contribution is 7.17. The van der Waals surface area contributed by atoms with Gasteiger partial charge in [-0.05, 0) is 36.6 Å². The van der Waals surface area contributed by atoms with Crippen molar-refractivity contribution in [3.8, 4) is 0 Å². The van der Waals surface area contributed by atoms with Crippen molar-refractivity contribution >= 4 is 38.6 Å². The molecular weight excluding hydrogens is 248 g/mol. The standard InChI is InChI=1S/C13H12N2S2/c1-9-2-3-10(17-9)8-15-11-4-6-14-12-5-7-16-13(11)12/h2-7H,8H2,1H3,(H,14,15). The minimum Gasteiger partial charge on any atom is -0.379 e. The summed E-state index contributed by atoms with van der Waals surface area (Å²) in [5, 5.41) is 5.57. The summed E-state index contributed by atoms with van der Waals surface area (Å²) in [5.74, 6) is 0. The van der Waals surface area contributed by atoms with Crippen molar-refractivity contribution < 1.29 is 0 Å². The van der Waals surface area contributed by atoms with Gasteiger partial charge in [-0.25, -0.2) is 0 Å². The molecule has 3 rings (SSSR count). The van der Waals surface area contributed by atoms with Crippen molar-refractivity contribution in [2.75, 3.05) is 5.32 Å². The summed E-state index contributed by atoms with van der Waals surface area (Å²) in [7, 11) is 0. The maximum atomic E-state index is 4.33. The minimum absolute atomic E-state index is 0.884. The lowest BCUT2D eigenvalue weighted by molar-refractivity contribution is 1.20. The van der Waals surface area contributed by atoms with E-state index in [9.17, 15) is 0 Å². The zero-order chi connectivity index (χ0) is 11.7. The Balaban J connectivity index is 1.83. The molecule has 2 nitrogen and oxygen atoms in total. The number of aromatic nitrogens is 1. The van der Waals surface area contributed by atoms with Gasteiger partial charge in [0, 0.05) is 22.5 Å². The van der Waals surface area contributed by atoms with Crippen LogP contribution in [-0.4, -0.2) is 4.98 Å². The zero-order valence-electron chi connectivity index (χ0n) is 9.43. The number of anilines is 1. The lowest BCUT2D eigenvalue weighted by atomic mass is 10.3. The summed E-state index contributed by atoms with van der Waals surface area (Å²) < 4.78 is 1.24. The number of nitrogens with zero attached hydrogens (tertiary/aromatic N) is 1. The first-order valence-electron chi connectivity index (χ1n) is 5.44. The average Bonchev–Trinajstić information content (AvgIpc) is 2.94. The Morgan fingerprint density at radius 3 is 3.00 bits per heavy atom. The third-order valence-electron chi connectivity index (χ3n) is 2.59. The monoisotopic (exact) mass is 260 g/mol. The van der Waals surface area contributed by atoms with Crippen LogP contribution in [0, 0.1) is 6.92 Å². The van der Waals surface area contributed by atoms with Gasteiger partial charge < -0.3 is 5.32 Å². The van der Waals surface area contributed by atoms with Crippen LogP contribution in [0.15, 0.2) is 35.8 Å². The Kier molecular flexibility index (Phi) is 2.82. The smallest absolute Gasteiger partial charge is 0.0830 e. The molecule has 0 aromatic carbocycles. The predicted octanol–water partition coefficient (Wildman–Crippen LogP) is 4.28. The van der Waals surface area contributed by atoms with Gasteiger partial charge >= 0.3 is 0 Å². The maximum Gasteiger partial charge on any atom is 0.0830 e. The van der Waals surface area contributed by atoms with Gasteiger partial charge in [0.15, 0.2) is 0 Å². The molecule has 1 N–H and O–H groups in total. The third-order valence-corrected chi connectivity index (χ3v) is 4.53. The molecule has 3 heterocycles. The van der Waals surface area contributed by atoms with Crippen LogP contribution < -0.4 is 5.32 Å². The molecule has 0 saturated carbocycles. The summed E-state index contributed by atoms with van der Waals surface area (Å²) in [6.45, 7) is 3.02. The first-order chi connectivity index (χ1) is 8.33. The second kappa shape index (κ2) is 4.47. The number of aryl methyl sites for hydroxylation is 1. The second-order valence-corrected chi connectivity index (χ2v) is 6.15. The van der Waals surface area contributed by atoms with Crippen LogP contribution in [0.5, 0.6) is 0 Å². The molecule has 0 spiro atoms. The maximum absolute atomic E-state index is 4.33. The molecule has 0 fully saturated rings. The summed E-state index contributed by atoms with van der Waals surface area (Å²) in [6.07, 6.45) is 1.86. The Morgan fingerprint density at radius 1 is 1.24 bits per heavy atom. The van der Waals surface area contributed by atoms with E-state index in [4.69, 9.17) is 0 Å². The SMILES string of the molecule is Cc1ccc(CNc2ccnc3ccsc23)s1. The van der Waals surface area contributed by atoms with Gasteiger partial charge in [0.2, 0.25) is 0 Å². The lowest BCUT2D eigenvalue weighted by Crippen LogP contribution is -1.97. The molecule has 0 aliphatic heterocycles. The quantitative estimate of drug-likeness (QED) is 0.760. The normalized spacial score (nSPS) is 10.9. The molecule has 0 saturated heterocycles. The van der Waals surface area contributed by atoms with E-state index >= 15 is 0 Å². The van der Waals surface area contributed by atoms with Crippen molar-refractivity contribution in [3.05, 3.63) is 45.6 Å². The van der Waals surface area contributed by atoms with Crippen LogP contribution in [0.25, 0.3) is 10.2 Å². The van der Waals surface area contributed by atoms with Crippen LogP contribution in [0.2, 0.25) is 0 Å². The molecule has 0 radical (unpaired) electrons. The van der Waals surface area contributed by atoms with Crippen molar-refractivity contribution in [2.24, 2.45) is 0 Å². The molecular formula is C13H12N2S2. The van der Waals surface area contributed by atoms with Crippen LogP contribution in [0.4, 0.5) is 5.69 Å². The number of thiophene rings is 2. The van der Waals surface area contributed by atoms with Crippen LogP contribution in [0.3, 0.4) is 0 Å². The number of nitrogens with one attached hydrogen (secondary N) is 1. The highest BCUT2D eigenvalue weighted by Crippen LogP contribution is 2.27. The van der Waals surface area contributed by atoms with Gasteiger partial charge in [-0.2, -0.15) is 0 Å². The van der Waals surface area contributed by atoms with Gasteiger partial charge in [0.1, 0.15) is 0 Å². The molecule has 0 aliphatic rings. The van der Waals surface area contributed by atoms with Gasteiger partial charge in [-0.3, -0.25) is 4.98 Å². The Labute approximate surface area is 108 Å². The molecule has 4 heteroatoms. The molecule has 0 amide bonds. The summed E-state index contributed by atoms with van der Waals surface area (Å²) in [4.78, 5) is 7.06. The number of rotatable bonds is 3. The van der Waals surface area contributed by atoms with E-state index in [1.807, 2.05) is 23.6 Å². The Hall–Kier alpha value is -1.39. The van der Waals surface area contributed by atoms with E-state index in [2.05, 4.69) is 40.8 Å². The van der Waals surface area contributed by atoms with Crippen molar-refractivity contribution in [2.45, 2.75) is 13.5 Å². The van der Waals surface area contributed by atoms with Crippen molar-refractivity contribution in [1.82, 2.24) is 4.98 Å². The van der Waals surface area contributed by atoms with Crippen LogP contribution >= 0.6 is 22.7 Å². The van der Waals surface area contributed by atoms with Gasteiger partial charge in [-0.15, -0.1) is 22.7 Å². The number of fused-ring (bicyclic) bond motifs is 1. The molecule has 0 bridgehead atoms. The predicted molar refractivity (Wildman–Crippen MR) is 76.0 cm³/mol. The third kappa shape index (κ3) is 2.18. The fraction of sp³-hybridized carbons (Fsp3) is 0.154. The fourth-order valence-electron chi connectivity index (χ4n) is 1.78. The summed E-state index contributed by atoms with van der Waals surface area (Å²) >= 11 is 3.57. The average molecular weight is 260 g/mol.